The number of rotatable bonds is 9. The summed E-state index contributed by atoms with van der Waals surface area (Å²) in [6.07, 6.45) is 0.403. The first-order valence-corrected chi connectivity index (χ1v) is 11.2. The molecule has 1 heterocycles. The van der Waals surface area contributed by atoms with Gasteiger partial charge in [-0.1, -0.05) is 66.7 Å². The van der Waals surface area contributed by atoms with Gasteiger partial charge in [0.25, 0.3) is 0 Å². The molecular formula is C27H30N2O3. The fourth-order valence-electron chi connectivity index (χ4n) is 3.72. The second kappa shape index (κ2) is 11.5. The molecule has 0 aromatic heterocycles. The predicted molar refractivity (Wildman–Crippen MR) is 127 cm³/mol. The largest absolute Gasteiger partial charge is 0.492 e. The summed E-state index contributed by atoms with van der Waals surface area (Å²) in [5.74, 6) is 0.921. The van der Waals surface area contributed by atoms with Crippen LogP contribution in [-0.2, 0) is 22.5 Å². The minimum Gasteiger partial charge on any atom is -0.492 e. The Kier molecular flexibility index (Phi) is 7.90. The van der Waals surface area contributed by atoms with Crippen LogP contribution < -0.4 is 10.1 Å². The van der Waals surface area contributed by atoms with Crippen LogP contribution in [0.25, 0.3) is 11.1 Å². The van der Waals surface area contributed by atoms with E-state index in [1.807, 2.05) is 42.5 Å². The molecule has 5 nitrogen and oxygen atoms in total. The van der Waals surface area contributed by atoms with E-state index in [2.05, 4.69) is 46.6 Å². The quantitative estimate of drug-likeness (QED) is 0.559. The van der Waals surface area contributed by atoms with E-state index in [0.717, 1.165) is 60.9 Å². The van der Waals surface area contributed by atoms with Crippen molar-refractivity contribution in [1.29, 1.82) is 0 Å². The zero-order valence-electron chi connectivity index (χ0n) is 18.3. The summed E-state index contributed by atoms with van der Waals surface area (Å²) < 4.78 is 11.3. The van der Waals surface area contributed by atoms with Gasteiger partial charge in [0.1, 0.15) is 12.4 Å². The number of hydrogen-bond donors (Lipinski definition) is 1. The van der Waals surface area contributed by atoms with Crippen molar-refractivity contribution in [2.24, 2.45) is 0 Å². The maximum absolute atomic E-state index is 12.1. The van der Waals surface area contributed by atoms with Gasteiger partial charge in [0.15, 0.2) is 0 Å². The third kappa shape index (κ3) is 6.67. The molecule has 0 unspecified atom stereocenters. The van der Waals surface area contributed by atoms with Crippen molar-refractivity contribution in [2.45, 2.75) is 13.0 Å². The number of ether oxygens (including phenoxy) is 2. The van der Waals surface area contributed by atoms with Gasteiger partial charge in [-0.2, -0.15) is 0 Å². The number of nitrogens with zero attached hydrogens (tertiary/aromatic N) is 1. The number of nitrogens with one attached hydrogen (secondary N) is 1. The topological polar surface area (TPSA) is 50.8 Å². The minimum absolute atomic E-state index is 0.0319. The van der Waals surface area contributed by atoms with Crippen LogP contribution >= 0.6 is 0 Å². The molecular weight excluding hydrogens is 400 g/mol. The van der Waals surface area contributed by atoms with E-state index in [0.29, 0.717) is 19.6 Å². The SMILES string of the molecule is O=C(Cc1ccccc1)NCc1ccc(-c2ccc(OCCN3CCOCC3)cc2)cc1. The summed E-state index contributed by atoms with van der Waals surface area (Å²) in [4.78, 5) is 14.5. The third-order valence-corrected chi connectivity index (χ3v) is 5.62. The van der Waals surface area contributed by atoms with Gasteiger partial charge in [0, 0.05) is 26.2 Å². The van der Waals surface area contributed by atoms with Crippen molar-refractivity contribution in [1.82, 2.24) is 10.2 Å². The van der Waals surface area contributed by atoms with E-state index in [1.165, 1.54) is 0 Å². The van der Waals surface area contributed by atoms with Crippen LogP contribution in [0.4, 0.5) is 0 Å². The van der Waals surface area contributed by atoms with Crippen LogP contribution in [0.1, 0.15) is 11.1 Å². The Labute approximate surface area is 190 Å². The lowest BCUT2D eigenvalue weighted by molar-refractivity contribution is -0.120. The molecule has 0 atom stereocenters. The summed E-state index contributed by atoms with van der Waals surface area (Å²) in [5, 5.41) is 2.99. The Morgan fingerprint density at radius 3 is 2.19 bits per heavy atom. The fourth-order valence-corrected chi connectivity index (χ4v) is 3.72. The third-order valence-electron chi connectivity index (χ3n) is 5.62. The predicted octanol–water partition coefficient (Wildman–Crippen LogP) is 3.92. The zero-order valence-corrected chi connectivity index (χ0v) is 18.3. The molecule has 4 rings (SSSR count). The van der Waals surface area contributed by atoms with Crippen molar-refractivity contribution in [3.8, 4) is 16.9 Å². The number of carbonyl (C=O) groups excluding carboxylic acids is 1. The molecule has 1 aliphatic rings. The Bertz CT molecular complexity index is 966. The zero-order chi connectivity index (χ0) is 22.0. The van der Waals surface area contributed by atoms with Crippen LogP contribution in [0.15, 0.2) is 78.9 Å². The normalized spacial score (nSPS) is 14.1. The monoisotopic (exact) mass is 430 g/mol. The summed E-state index contributed by atoms with van der Waals surface area (Å²) >= 11 is 0. The van der Waals surface area contributed by atoms with Crippen LogP contribution in [-0.4, -0.2) is 50.3 Å². The Morgan fingerprint density at radius 2 is 1.50 bits per heavy atom. The second-order valence-electron chi connectivity index (χ2n) is 7.96. The van der Waals surface area contributed by atoms with Crippen molar-refractivity contribution in [2.75, 3.05) is 39.5 Å². The standard InChI is InChI=1S/C27H30N2O3/c30-27(20-22-4-2-1-3-5-22)28-21-23-6-8-24(9-7-23)25-10-12-26(13-11-25)32-19-16-29-14-17-31-18-15-29/h1-13H,14-21H2,(H,28,30). The highest BCUT2D eigenvalue weighted by molar-refractivity contribution is 5.78. The van der Waals surface area contributed by atoms with Crippen molar-refractivity contribution < 1.29 is 14.3 Å². The molecule has 3 aromatic carbocycles. The van der Waals surface area contributed by atoms with Crippen molar-refractivity contribution >= 4 is 5.91 Å². The summed E-state index contributed by atoms with van der Waals surface area (Å²) in [6, 6.07) is 26.3. The maximum atomic E-state index is 12.1. The Balaban J connectivity index is 1.23. The van der Waals surface area contributed by atoms with E-state index < -0.39 is 0 Å². The second-order valence-corrected chi connectivity index (χ2v) is 7.96. The Morgan fingerprint density at radius 1 is 0.844 bits per heavy atom. The van der Waals surface area contributed by atoms with E-state index in [4.69, 9.17) is 9.47 Å². The Hall–Kier alpha value is -3.15. The van der Waals surface area contributed by atoms with E-state index in [-0.39, 0.29) is 5.91 Å². The highest BCUT2D eigenvalue weighted by Gasteiger charge is 2.10. The number of amides is 1. The van der Waals surface area contributed by atoms with Crippen LogP contribution in [0.2, 0.25) is 0 Å². The summed E-state index contributed by atoms with van der Waals surface area (Å²) in [6.45, 7) is 5.73. The molecule has 1 amide bonds. The first-order chi connectivity index (χ1) is 15.8. The van der Waals surface area contributed by atoms with Gasteiger partial charge in [0.2, 0.25) is 5.91 Å². The highest BCUT2D eigenvalue weighted by Crippen LogP contribution is 2.23. The van der Waals surface area contributed by atoms with E-state index >= 15 is 0 Å². The molecule has 0 spiro atoms. The molecule has 1 fully saturated rings. The van der Waals surface area contributed by atoms with Gasteiger partial charge in [-0.25, -0.2) is 0 Å². The lowest BCUT2D eigenvalue weighted by Crippen LogP contribution is -2.38. The van der Waals surface area contributed by atoms with Gasteiger partial charge in [-0.05, 0) is 34.4 Å². The van der Waals surface area contributed by atoms with Gasteiger partial charge in [-0.15, -0.1) is 0 Å². The summed E-state index contributed by atoms with van der Waals surface area (Å²) in [7, 11) is 0. The number of carbonyl (C=O) groups is 1. The molecule has 5 heteroatoms. The molecule has 32 heavy (non-hydrogen) atoms. The molecule has 1 aliphatic heterocycles. The number of morpholine rings is 1. The molecule has 166 valence electrons. The van der Waals surface area contributed by atoms with Gasteiger partial charge in [0.05, 0.1) is 19.6 Å². The lowest BCUT2D eigenvalue weighted by atomic mass is 10.0. The van der Waals surface area contributed by atoms with E-state index in [1.54, 1.807) is 0 Å². The van der Waals surface area contributed by atoms with Crippen LogP contribution in [0.5, 0.6) is 5.75 Å². The smallest absolute Gasteiger partial charge is 0.224 e. The number of hydrogen-bond acceptors (Lipinski definition) is 4. The average Bonchev–Trinajstić information content (AvgIpc) is 2.85. The molecule has 3 aromatic rings. The molecule has 1 N–H and O–H groups in total. The van der Waals surface area contributed by atoms with Gasteiger partial charge < -0.3 is 14.8 Å². The number of benzene rings is 3. The molecule has 0 aliphatic carbocycles. The van der Waals surface area contributed by atoms with E-state index in [9.17, 15) is 4.79 Å². The first kappa shape index (κ1) is 22.1. The van der Waals surface area contributed by atoms with Crippen LogP contribution in [0.3, 0.4) is 0 Å². The maximum Gasteiger partial charge on any atom is 0.224 e. The molecule has 0 radical (unpaired) electrons. The van der Waals surface area contributed by atoms with Crippen LogP contribution in [0, 0.1) is 0 Å². The summed E-state index contributed by atoms with van der Waals surface area (Å²) in [5.41, 5.74) is 4.39. The van der Waals surface area contributed by atoms with Gasteiger partial charge >= 0.3 is 0 Å². The highest BCUT2D eigenvalue weighted by atomic mass is 16.5. The van der Waals surface area contributed by atoms with Crippen molar-refractivity contribution in [3.05, 3.63) is 90.0 Å². The molecule has 1 saturated heterocycles. The minimum atomic E-state index is 0.0319. The average molecular weight is 431 g/mol. The van der Waals surface area contributed by atoms with Crippen molar-refractivity contribution in [3.63, 3.8) is 0 Å². The molecule has 0 saturated carbocycles. The lowest BCUT2D eigenvalue weighted by Gasteiger charge is -2.26. The van der Waals surface area contributed by atoms with Gasteiger partial charge in [-0.3, -0.25) is 9.69 Å². The first-order valence-electron chi connectivity index (χ1n) is 11.2. The molecule has 0 bridgehead atoms. The fraction of sp³-hybridized carbons (Fsp3) is 0.296.